The summed E-state index contributed by atoms with van der Waals surface area (Å²) in [6.45, 7) is 3.85. The Morgan fingerprint density at radius 2 is 1.81 bits per heavy atom. The van der Waals surface area contributed by atoms with Gasteiger partial charge in [-0.2, -0.15) is 4.99 Å². The highest BCUT2D eigenvalue weighted by molar-refractivity contribution is 7.16. The van der Waals surface area contributed by atoms with Crippen molar-refractivity contribution < 1.29 is 14.3 Å². The molecule has 1 aliphatic rings. The lowest BCUT2D eigenvalue weighted by Gasteiger charge is -2.18. The van der Waals surface area contributed by atoms with E-state index < -0.39 is 0 Å². The van der Waals surface area contributed by atoms with Crippen LogP contribution in [0.2, 0.25) is 0 Å². The second kappa shape index (κ2) is 7.08. The fourth-order valence-electron chi connectivity index (χ4n) is 3.05. The van der Waals surface area contributed by atoms with Gasteiger partial charge in [0.25, 0.3) is 5.91 Å². The normalized spacial score (nSPS) is 13.8. The van der Waals surface area contributed by atoms with Crippen molar-refractivity contribution in [3.63, 3.8) is 0 Å². The van der Waals surface area contributed by atoms with Crippen molar-refractivity contribution in [1.82, 2.24) is 4.57 Å². The molecule has 0 bridgehead atoms. The number of amides is 1. The maximum Gasteiger partial charge on any atom is 0.279 e. The minimum absolute atomic E-state index is 0.244. The number of ether oxygens (including phenoxy) is 2. The van der Waals surface area contributed by atoms with Crippen molar-refractivity contribution in [3.8, 4) is 11.5 Å². The van der Waals surface area contributed by atoms with Crippen LogP contribution in [0.3, 0.4) is 0 Å². The quantitative estimate of drug-likeness (QED) is 0.696. The highest BCUT2D eigenvalue weighted by Crippen LogP contribution is 2.35. The zero-order valence-electron chi connectivity index (χ0n) is 15.6. The van der Waals surface area contributed by atoms with E-state index in [0.717, 1.165) is 27.4 Å². The van der Waals surface area contributed by atoms with E-state index in [2.05, 4.69) is 4.99 Å². The number of carbonyl (C=O) groups is 1. The lowest BCUT2D eigenvalue weighted by molar-refractivity contribution is 0.0998. The number of aromatic nitrogens is 1. The Bertz CT molecular complexity index is 1060. The van der Waals surface area contributed by atoms with Gasteiger partial charge in [0.1, 0.15) is 13.2 Å². The Balaban J connectivity index is 1.76. The first kappa shape index (κ1) is 17.6. The van der Waals surface area contributed by atoms with Crippen molar-refractivity contribution in [2.24, 2.45) is 4.99 Å². The second-order valence-electron chi connectivity index (χ2n) is 6.45. The molecule has 6 nitrogen and oxygen atoms in total. The molecule has 0 radical (unpaired) electrons. The molecule has 4 rings (SSSR count). The van der Waals surface area contributed by atoms with Crippen molar-refractivity contribution in [2.75, 3.05) is 32.2 Å². The summed E-state index contributed by atoms with van der Waals surface area (Å²) >= 11 is 1.48. The number of hydrogen-bond donors (Lipinski definition) is 0. The van der Waals surface area contributed by atoms with E-state index in [4.69, 9.17) is 9.47 Å². The predicted molar refractivity (Wildman–Crippen MR) is 107 cm³/mol. The van der Waals surface area contributed by atoms with Gasteiger partial charge >= 0.3 is 0 Å². The van der Waals surface area contributed by atoms with Gasteiger partial charge in [-0.15, -0.1) is 0 Å². The summed E-state index contributed by atoms with van der Waals surface area (Å²) < 4.78 is 14.4. The van der Waals surface area contributed by atoms with Crippen LogP contribution >= 0.6 is 11.3 Å². The summed E-state index contributed by atoms with van der Waals surface area (Å²) in [5.41, 5.74) is 2.62. The van der Waals surface area contributed by atoms with Crippen molar-refractivity contribution in [2.45, 2.75) is 13.5 Å². The van der Waals surface area contributed by atoms with Gasteiger partial charge in [-0.05, 0) is 31.2 Å². The molecule has 0 saturated carbocycles. The van der Waals surface area contributed by atoms with Gasteiger partial charge in [0, 0.05) is 44.0 Å². The smallest absolute Gasteiger partial charge is 0.279 e. The number of benzene rings is 2. The third-order valence-corrected chi connectivity index (χ3v) is 5.53. The van der Waals surface area contributed by atoms with Crippen molar-refractivity contribution in [3.05, 3.63) is 46.8 Å². The van der Waals surface area contributed by atoms with E-state index in [1.54, 1.807) is 0 Å². The molecule has 3 aromatic rings. The van der Waals surface area contributed by atoms with Gasteiger partial charge in [-0.3, -0.25) is 4.79 Å². The van der Waals surface area contributed by atoms with Crippen molar-refractivity contribution in [1.29, 1.82) is 0 Å². The number of hydrogen-bond acceptors (Lipinski definition) is 5. The number of anilines is 1. The molecule has 0 N–H and O–H groups in total. The molecule has 0 spiro atoms. The average molecular weight is 383 g/mol. The molecular weight excluding hydrogens is 362 g/mol. The van der Waals surface area contributed by atoms with E-state index in [0.29, 0.717) is 30.1 Å². The second-order valence-corrected chi connectivity index (χ2v) is 7.46. The Labute approximate surface area is 161 Å². The van der Waals surface area contributed by atoms with Crippen LogP contribution in [0.25, 0.3) is 10.2 Å². The summed E-state index contributed by atoms with van der Waals surface area (Å²) in [7, 11) is 3.94. The number of carbonyl (C=O) groups excluding carboxylic acids is 1. The molecule has 0 fully saturated rings. The van der Waals surface area contributed by atoms with E-state index in [9.17, 15) is 4.79 Å². The molecule has 0 saturated heterocycles. The van der Waals surface area contributed by atoms with Crippen LogP contribution in [-0.4, -0.2) is 37.8 Å². The fourth-order valence-corrected chi connectivity index (χ4v) is 4.15. The Kier molecular flexibility index (Phi) is 4.61. The van der Waals surface area contributed by atoms with Crippen molar-refractivity contribution >= 4 is 33.1 Å². The molecule has 140 valence electrons. The van der Waals surface area contributed by atoms with Crippen LogP contribution in [0.4, 0.5) is 5.69 Å². The van der Waals surface area contributed by atoms with Gasteiger partial charge in [-0.25, -0.2) is 0 Å². The van der Waals surface area contributed by atoms with Gasteiger partial charge < -0.3 is 18.9 Å². The lowest BCUT2D eigenvalue weighted by atomic mass is 10.2. The summed E-state index contributed by atoms with van der Waals surface area (Å²) in [5.74, 6) is 1.24. The highest BCUT2D eigenvalue weighted by atomic mass is 32.1. The lowest BCUT2D eigenvalue weighted by Crippen LogP contribution is -2.17. The maximum atomic E-state index is 12.7. The molecule has 0 atom stereocenters. The third-order valence-electron chi connectivity index (χ3n) is 4.49. The molecule has 2 heterocycles. The summed E-state index contributed by atoms with van der Waals surface area (Å²) in [6.07, 6.45) is 0. The van der Waals surface area contributed by atoms with Gasteiger partial charge in [0.2, 0.25) is 0 Å². The molecule has 1 amide bonds. The minimum atomic E-state index is -0.244. The maximum absolute atomic E-state index is 12.7. The van der Waals surface area contributed by atoms with Crippen LogP contribution in [0.1, 0.15) is 17.3 Å². The van der Waals surface area contributed by atoms with Gasteiger partial charge in [0.05, 0.1) is 10.2 Å². The van der Waals surface area contributed by atoms with Crippen LogP contribution < -0.4 is 19.2 Å². The molecule has 0 unspecified atom stereocenters. The Morgan fingerprint density at radius 1 is 1.15 bits per heavy atom. The number of nitrogens with zero attached hydrogens (tertiary/aromatic N) is 3. The van der Waals surface area contributed by atoms with Crippen LogP contribution in [0.15, 0.2) is 41.4 Å². The third kappa shape index (κ3) is 3.30. The largest absolute Gasteiger partial charge is 0.486 e. The zero-order chi connectivity index (χ0) is 19.0. The molecule has 0 aliphatic carbocycles. The first-order valence-electron chi connectivity index (χ1n) is 8.86. The van der Waals surface area contributed by atoms with Gasteiger partial charge in [-0.1, -0.05) is 11.3 Å². The Hall–Kier alpha value is -2.80. The molecule has 7 heteroatoms. The Morgan fingerprint density at radius 3 is 2.44 bits per heavy atom. The predicted octanol–water partition coefficient (Wildman–Crippen LogP) is 3.30. The van der Waals surface area contributed by atoms with E-state index in [1.165, 1.54) is 11.3 Å². The topological polar surface area (TPSA) is 56.1 Å². The van der Waals surface area contributed by atoms with Crippen LogP contribution in [0.5, 0.6) is 11.5 Å². The standard InChI is InChI=1S/C20H21N3O3S/c1-4-23-15-11-16-17(26-10-9-25-16)12-18(15)27-20(23)21-19(24)13-5-7-14(8-6-13)22(2)3/h5-8,11-12H,4,9-10H2,1-3H3. The molecule has 2 aromatic carbocycles. The van der Waals surface area contributed by atoms with E-state index >= 15 is 0 Å². The fraction of sp³-hybridized carbons (Fsp3) is 0.300. The minimum Gasteiger partial charge on any atom is -0.486 e. The van der Waals surface area contributed by atoms with Crippen LogP contribution in [-0.2, 0) is 6.54 Å². The molecule has 1 aromatic heterocycles. The zero-order valence-corrected chi connectivity index (χ0v) is 16.4. The summed E-state index contributed by atoms with van der Waals surface area (Å²) in [4.78, 5) is 19.7. The summed E-state index contributed by atoms with van der Waals surface area (Å²) in [6, 6.07) is 11.4. The highest BCUT2D eigenvalue weighted by Gasteiger charge is 2.16. The molecular formula is C20H21N3O3S. The van der Waals surface area contributed by atoms with E-state index in [1.807, 2.05) is 66.9 Å². The molecule has 1 aliphatic heterocycles. The van der Waals surface area contributed by atoms with Gasteiger partial charge in [0.15, 0.2) is 16.3 Å². The first-order chi connectivity index (χ1) is 13.1. The molecule has 27 heavy (non-hydrogen) atoms. The number of fused-ring (bicyclic) bond motifs is 2. The average Bonchev–Trinajstić information content (AvgIpc) is 3.01. The SMILES string of the molecule is CCn1c(=NC(=O)c2ccc(N(C)C)cc2)sc2cc3c(cc21)OCCO3. The number of rotatable bonds is 3. The first-order valence-corrected chi connectivity index (χ1v) is 9.68. The van der Waals surface area contributed by atoms with E-state index in [-0.39, 0.29) is 5.91 Å². The summed E-state index contributed by atoms with van der Waals surface area (Å²) in [5, 5.41) is 0. The number of aryl methyl sites for hydroxylation is 1. The monoisotopic (exact) mass is 383 g/mol. The number of thiazole rings is 1. The van der Waals surface area contributed by atoms with Crippen LogP contribution in [0, 0.1) is 0 Å².